The van der Waals surface area contributed by atoms with Gasteiger partial charge in [0.15, 0.2) is 0 Å². The molecule has 2 heteroatoms. The van der Waals surface area contributed by atoms with Crippen molar-refractivity contribution in [3.63, 3.8) is 0 Å². The minimum Gasteiger partial charge on any atom is -0.313 e. The monoisotopic (exact) mass is 227 g/mol. The Kier molecular flexibility index (Phi) is 10.3. The largest absolute Gasteiger partial charge is 0.313 e. The van der Waals surface area contributed by atoms with E-state index in [1.807, 2.05) is 0 Å². The molecule has 0 aromatic carbocycles. The van der Waals surface area contributed by atoms with E-state index in [0.717, 1.165) is 24.6 Å². The maximum absolute atomic E-state index is 5.30. The summed E-state index contributed by atoms with van der Waals surface area (Å²) in [6, 6.07) is 0.597. The van der Waals surface area contributed by atoms with Crippen molar-refractivity contribution in [1.82, 2.24) is 5.32 Å². The third-order valence-electron chi connectivity index (χ3n) is 2.48. The van der Waals surface area contributed by atoms with Crippen molar-refractivity contribution >= 4 is 11.8 Å². The minimum absolute atomic E-state index is 0.597. The van der Waals surface area contributed by atoms with Gasteiger partial charge < -0.3 is 5.32 Å². The normalized spacial score (nSPS) is 14.5. The van der Waals surface area contributed by atoms with Crippen molar-refractivity contribution in [2.45, 2.75) is 57.7 Å². The van der Waals surface area contributed by atoms with E-state index in [1.165, 1.54) is 18.6 Å². The van der Waals surface area contributed by atoms with Gasteiger partial charge in [0.25, 0.3) is 0 Å². The fourth-order valence-electron chi connectivity index (χ4n) is 1.25. The lowest BCUT2D eigenvalue weighted by Crippen LogP contribution is -2.32. The second-order valence-corrected chi connectivity index (χ2v) is 5.42. The third-order valence-corrected chi connectivity index (χ3v) is 3.97. The molecule has 0 heterocycles. The predicted octanol–water partition coefficient (Wildman–Crippen LogP) is 3.30. The summed E-state index contributed by atoms with van der Waals surface area (Å²) in [6.45, 7) is 7.85. The summed E-state index contributed by atoms with van der Waals surface area (Å²) in [4.78, 5) is 0. The highest BCUT2D eigenvalue weighted by atomic mass is 32.2. The van der Waals surface area contributed by atoms with Gasteiger partial charge in [-0.3, -0.25) is 0 Å². The van der Waals surface area contributed by atoms with Gasteiger partial charge in [0.2, 0.25) is 0 Å². The first kappa shape index (κ1) is 14.9. The maximum Gasteiger partial charge on any atom is 0.0167 e. The summed E-state index contributed by atoms with van der Waals surface area (Å²) in [5.74, 6) is 3.92. The van der Waals surface area contributed by atoms with Gasteiger partial charge in [-0.2, -0.15) is 11.8 Å². The van der Waals surface area contributed by atoms with E-state index < -0.39 is 0 Å². The molecule has 0 aliphatic carbocycles. The fourth-order valence-corrected chi connectivity index (χ4v) is 2.33. The quantitative estimate of drug-likeness (QED) is 0.607. The molecule has 0 aliphatic heterocycles. The van der Waals surface area contributed by atoms with E-state index in [2.05, 4.69) is 43.8 Å². The Morgan fingerprint density at radius 1 is 1.40 bits per heavy atom. The van der Waals surface area contributed by atoms with Gasteiger partial charge >= 0.3 is 0 Å². The van der Waals surface area contributed by atoms with E-state index in [-0.39, 0.29) is 0 Å². The van der Waals surface area contributed by atoms with Crippen LogP contribution in [0.5, 0.6) is 0 Å². The van der Waals surface area contributed by atoms with Gasteiger partial charge in [-0.1, -0.05) is 20.8 Å². The molecule has 0 radical (unpaired) electrons. The second kappa shape index (κ2) is 10.4. The van der Waals surface area contributed by atoms with Crippen LogP contribution < -0.4 is 5.32 Å². The predicted molar refractivity (Wildman–Crippen MR) is 72.4 cm³/mol. The molecule has 0 aromatic heterocycles. The average molecular weight is 227 g/mol. The zero-order valence-corrected chi connectivity index (χ0v) is 11.2. The summed E-state index contributed by atoms with van der Waals surface area (Å²) >= 11 is 2.05. The van der Waals surface area contributed by atoms with E-state index in [1.54, 1.807) is 0 Å². The lowest BCUT2D eigenvalue weighted by molar-refractivity contribution is 0.526. The van der Waals surface area contributed by atoms with E-state index >= 15 is 0 Å². The molecule has 1 N–H and O–H groups in total. The van der Waals surface area contributed by atoms with Gasteiger partial charge in [0.1, 0.15) is 0 Å². The molecule has 2 unspecified atom stereocenters. The maximum atomic E-state index is 5.30. The lowest BCUT2D eigenvalue weighted by Gasteiger charge is -2.19. The van der Waals surface area contributed by atoms with Crippen molar-refractivity contribution < 1.29 is 0 Å². The van der Waals surface area contributed by atoms with Crippen molar-refractivity contribution in [3.8, 4) is 12.3 Å². The smallest absolute Gasteiger partial charge is 0.0167 e. The standard InChI is InChI=1S/C13H25NS/c1-5-8-9-13(14-10-6-2)11-15-12(4)7-3/h1,12-14H,6-11H2,2-4H3. The average Bonchev–Trinajstić information content (AvgIpc) is 2.27. The SMILES string of the molecule is C#CCCC(CSC(C)CC)NCCC. The van der Waals surface area contributed by atoms with Gasteiger partial charge in [0.05, 0.1) is 0 Å². The van der Waals surface area contributed by atoms with E-state index in [4.69, 9.17) is 6.42 Å². The molecule has 0 amide bonds. The van der Waals surface area contributed by atoms with Crippen LogP contribution in [-0.2, 0) is 0 Å². The summed E-state index contributed by atoms with van der Waals surface area (Å²) in [7, 11) is 0. The number of thioether (sulfide) groups is 1. The molecular weight excluding hydrogens is 202 g/mol. The number of nitrogens with one attached hydrogen (secondary N) is 1. The number of rotatable bonds is 9. The Morgan fingerprint density at radius 3 is 2.67 bits per heavy atom. The van der Waals surface area contributed by atoms with Gasteiger partial charge in [-0.05, 0) is 25.8 Å². The Morgan fingerprint density at radius 2 is 2.13 bits per heavy atom. The summed E-state index contributed by atoms with van der Waals surface area (Å²) in [5, 5.41) is 4.33. The second-order valence-electron chi connectivity index (χ2n) is 3.95. The molecule has 88 valence electrons. The van der Waals surface area contributed by atoms with Crippen molar-refractivity contribution in [3.05, 3.63) is 0 Å². The molecule has 0 fully saturated rings. The summed E-state index contributed by atoms with van der Waals surface area (Å²) in [6.07, 6.45) is 9.75. The van der Waals surface area contributed by atoms with E-state index in [9.17, 15) is 0 Å². The van der Waals surface area contributed by atoms with Crippen LogP contribution in [0.3, 0.4) is 0 Å². The van der Waals surface area contributed by atoms with Crippen LogP contribution in [0, 0.1) is 12.3 Å². The number of terminal acetylenes is 1. The molecular formula is C13H25NS. The van der Waals surface area contributed by atoms with Crippen molar-refractivity contribution in [1.29, 1.82) is 0 Å². The molecule has 0 spiro atoms. The molecule has 1 nitrogen and oxygen atoms in total. The van der Waals surface area contributed by atoms with Gasteiger partial charge in [-0.15, -0.1) is 12.3 Å². The van der Waals surface area contributed by atoms with Crippen LogP contribution in [0.15, 0.2) is 0 Å². The van der Waals surface area contributed by atoms with Gasteiger partial charge in [0, 0.05) is 23.5 Å². The lowest BCUT2D eigenvalue weighted by atomic mass is 10.2. The number of hydrogen-bond donors (Lipinski definition) is 1. The highest BCUT2D eigenvalue weighted by Crippen LogP contribution is 2.16. The molecule has 0 aliphatic rings. The van der Waals surface area contributed by atoms with Crippen LogP contribution >= 0.6 is 11.8 Å². The van der Waals surface area contributed by atoms with Gasteiger partial charge in [-0.25, -0.2) is 0 Å². The Bertz CT molecular complexity index is 174. The van der Waals surface area contributed by atoms with Crippen LogP contribution in [0.2, 0.25) is 0 Å². The first-order valence-electron chi connectivity index (χ1n) is 6.03. The Balaban J connectivity index is 3.74. The zero-order valence-electron chi connectivity index (χ0n) is 10.4. The van der Waals surface area contributed by atoms with Crippen molar-refractivity contribution in [2.24, 2.45) is 0 Å². The Labute approximate surface area is 99.8 Å². The van der Waals surface area contributed by atoms with Crippen LogP contribution in [0.25, 0.3) is 0 Å². The summed E-state index contributed by atoms with van der Waals surface area (Å²) < 4.78 is 0. The highest BCUT2D eigenvalue weighted by molar-refractivity contribution is 7.99. The molecule has 0 saturated carbocycles. The first-order chi connectivity index (χ1) is 7.24. The Hall–Kier alpha value is -0.130. The molecule has 2 atom stereocenters. The van der Waals surface area contributed by atoms with Crippen LogP contribution in [0.4, 0.5) is 0 Å². The molecule has 0 bridgehead atoms. The first-order valence-corrected chi connectivity index (χ1v) is 7.07. The third kappa shape index (κ3) is 8.84. The topological polar surface area (TPSA) is 12.0 Å². The fraction of sp³-hybridized carbons (Fsp3) is 0.846. The zero-order chi connectivity index (χ0) is 11.5. The summed E-state index contributed by atoms with van der Waals surface area (Å²) in [5.41, 5.74) is 0. The van der Waals surface area contributed by atoms with Crippen LogP contribution in [-0.4, -0.2) is 23.6 Å². The minimum atomic E-state index is 0.597. The highest BCUT2D eigenvalue weighted by Gasteiger charge is 2.08. The van der Waals surface area contributed by atoms with Crippen LogP contribution in [0.1, 0.15) is 46.5 Å². The number of hydrogen-bond acceptors (Lipinski definition) is 2. The molecule has 0 rings (SSSR count). The molecule has 0 aromatic rings. The molecule has 0 saturated heterocycles. The van der Waals surface area contributed by atoms with Crippen molar-refractivity contribution in [2.75, 3.05) is 12.3 Å². The molecule has 15 heavy (non-hydrogen) atoms. The van der Waals surface area contributed by atoms with E-state index in [0.29, 0.717) is 6.04 Å².